The third kappa shape index (κ3) is 4.04. The fourth-order valence-corrected chi connectivity index (χ4v) is 7.46. The minimum Gasteiger partial charge on any atom is -0.497 e. The van der Waals surface area contributed by atoms with Crippen molar-refractivity contribution in [3.05, 3.63) is 91.0 Å². The van der Waals surface area contributed by atoms with Gasteiger partial charge in [0.05, 0.1) is 12.8 Å². The molecule has 8 rings (SSSR count). The van der Waals surface area contributed by atoms with Crippen molar-refractivity contribution < 1.29 is 9.47 Å². The molecule has 198 valence electrons. The lowest BCUT2D eigenvalue weighted by molar-refractivity contribution is -0.0846. The number of fused-ring (bicyclic) bond motifs is 7. The summed E-state index contributed by atoms with van der Waals surface area (Å²) in [6, 6.07) is 26.1. The SMILES string of the molecule is C=CC1CN2CCC1(C)CC2C(Oc1cc2ccccc2c2ccccc12)C1CC=Nc2ccc(OC)cc21. The first-order valence-corrected chi connectivity index (χ1v) is 14.2. The molecule has 4 aliphatic heterocycles. The molecule has 0 radical (unpaired) electrons. The van der Waals surface area contributed by atoms with Crippen molar-refractivity contribution in [3.8, 4) is 11.5 Å². The van der Waals surface area contributed by atoms with E-state index in [-0.39, 0.29) is 17.4 Å². The normalized spacial score (nSPS) is 28.3. The first-order valence-electron chi connectivity index (χ1n) is 14.2. The van der Waals surface area contributed by atoms with E-state index in [1.165, 1.54) is 33.5 Å². The molecule has 6 atom stereocenters. The Balaban J connectivity index is 1.37. The monoisotopic (exact) mass is 516 g/mol. The number of rotatable bonds is 6. The lowest BCUT2D eigenvalue weighted by Crippen LogP contribution is -2.62. The molecular weight excluding hydrogens is 480 g/mol. The molecule has 3 fully saturated rings. The quantitative estimate of drug-likeness (QED) is 0.193. The van der Waals surface area contributed by atoms with Crippen LogP contribution in [0.3, 0.4) is 0 Å². The van der Waals surface area contributed by atoms with Crippen molar-refractivity contribution >= 4 is 33.4 Å². The third-order valence-electron chi connectivity index (χ3n) is 9.72. The molecule has 4 aromatic carbocycles. The maximum absolute atomic E-state index is 7.34. The lowest BCUT2D eigenvalue weighted by Gasteiger charge is -2.57. The van der Waals surface area contributed by atoms with Crippen LogP contribution in [0, 0.1) is 11.3 Å². The number of ether oxygens (including phenoxy) is 2. The molecule has 0 spiro atoms. The van der Waals surface area contributed by atoms with E-state index >= 15 is 0 Å². The van der Waals surface area contributed by atoms with Gasteiger partial charge in [-0.2, -0.15) is 0 Å². The highest BCUT2D eigenvalue weighted by atomic mass is 16.5. The largest absolute Gasteiger partial charge is 0.497 e. The average molecular weight is 517 g/mol. The topological polar surface area (TPSA) is 34.1 Å². The number of aliphatic imine (C=N–C) groups is 1. The molecule has 0 aliphatic carbocycles. The van der Waals surface area contributed by atoms with E-state index in [4.69, 9.17) is 14.5 Å². The predicted molar refractivity (Wildman–Crippen MR) is 161 cm³/mol. The lowest BCUT2D eigenvalue weighted by atomic mass is 9.62. The Hall–Kier alpha value is -3.63. The summed E-state index contributed by atoms with van der Waals surface area (Å²) < 4.78 is 13.0. The summed E-state index contributed by atoms with van der Waals surface area (Å²) in [7, 11) is 1.74. The molecule has 4 heterocycles. The Labute approximate surface area is 231 Å². The molecule has 4 nitrogen and oxygen atoms in total. The van der Waals surface area contributed by atoms with Crippen LogP contribution in [0.1, 0.15) is 37.7 Å². The van der Waals surface area contributed by atoms with Crippen molar-refractivity contribution in [1.29, 1.82) is 0 Å². The summed E-state index contributed by atoms with van der Waals surface area (Å²) >= 11 is 0. The highest BCUT2D eigenvalue weighted by molar-refractivity contribution is 6.10. The number of piperidine rings is 3. The third-order valence-corrected chi connectivity index (χ3v) is 9.72. The summed E-state index contributed by atoms with van der Waals surface area (Å²) in [5.74, 6) is 2.53. The van der Waals surface area contributed by atoms with Crippen LogP contribution in [0.4, 0.5) is 5.69 Å². The van der Waals surface area contributed by atoms with E-state index in [0.717, 1.165) is 43.1 Å². The first kappa shape index (κ1) is 24.4. The van der Waals surface area contributed by atoms with Gasteiger partial charge >= 0.3 is 0 Å². The predicted octanol–water partition coefficient (Wildman–Crippen LogP) is 7.93. The van der Waals surface area contributed by atoms with E-state index in [1.807, 2.05) is 6.07 Å². The second-order valence-corrected chi connectivity index (χ2v) is 11.8. The van der Waals surface area contributed by atoms with E-state index < -0.39 is 0 Å². The van der Waals surface area contributed by atoms with Crippen molar-refractivity contribution in [1.82, 2.24) is 4.90 Å². The molecular formula is C35H36N2O2. The van der Waals surface area contributed by atoms with Crippen molar-refractivity contribution in [2.45, 2.75) is 44.2 Å². The second kappa shape index (κ2) is 9.53. The average Bonchev–Trinajstić information content (AvgIpc) is 2.99. The Morgan fingerprint density at radius 1 is 1.03 bits per heavy atom. The maximum atomic E-state index is 7.34. The van der Waals surface area contributed by atoms with E-state index in [0.29, 0.717) is 12.0 Å². The number of benzene rings is 4. The minimum atomic E-state index is -0.0300. The number of nitrogens with zero attached hydrogens (tertiary/aromatic N) is 2. The van der Waals surface area contributed by atoms with Crippen LogP contribution >= 0.6 is 0 Å². The molecule has 0 saturated carbocycles. The molecule has 3 saturated heterocycles. The Morgan fingerprint density at radius 3 is 2.62 bits per heavy atom. The molecule has 2 bridgehead atoms. The highest BCUT2D eigenvalue weighted by Crippen LogP contribution is 2.51. The van der Waals surface area contributed by atoms with E-state index in [9.17, 15) is 0 Å². The molecule has 6 unspecified atom stereocenters. The van der Waals surface area contributed by atoms with Gasteiger partial charge in [0.1, 0.15) is 17.6 Å². The van der Waals surface area contributed by atoms with Crippen molar-refractivity contribution in [2.75, 3.05) is 20.2 Å². The fourth-order valence-electron chi connectivity index (χ4n) is 7.46. The zero-order valence-corrected chi connectivity index (χ0v) is 22.8. The smallest absolute Gasteiger partial charge is 0.128 e. The van der Waals surface area contributed by atoms with Gasteiger partial charge in [-0.15, -0.1) is 6.58 Å². The van der Waals surface area contributed by atoms with Gasteiger partial charge < -0.3 is 9.47 Å². The summed E-state index contributed by atoms with van der Waals surface area (Å²) in [6.07, 6.45) is 7.40. The number of methoxy groups -OCH3 is 1. The Morgan fingerprint density at radius 2 is 1.82 bits per heavy atom. The molecule has 0 amide bonds. The van der Waals surface area contributed by atoms with Crippen LogP contribution < -0.4 is 9.47 Å². The molecule has 0 aromatic heterocycles. The summed E-state index contributed by atoms with van der Waals surface area (Å²) in [5, 5.41) is 4.88. The molecule has 0 N–H and O–H groups in total. The van der Waals surface area contributed by atoms with Gasteiger partial charge in [-0.05, 0) is 83.1 Å². The van der Waals surface area contributed by atoms with Crippen LogP contribution in [-0.2, 0) is 0 Å². The van der Waals surface area contributed by atoms with Crippen LogP contribution in [-0.4, -0.2) is 43.5 Å². The van der Waals surface area contributed by atoms with Gasteiger partial charge in [-0.25, -0.2) is 0 Å². The van der Waals surface area contributed by atoms with Crippen LogP contribution in [0.25, 0.3) is 21.5 Å². The Kier molecular flexibility index (Phi) is 5.97. The number of hydrogen-bond donors (Lipinski definition) is 0. The zero-order valence-electron chi connectivity index (χ0n) is 22.8. The summed E-state index contributed by atoms with van der Waals surface area (Å²) in [5.41, 5.74) is 2.49. The molecule has 4 aliphatic rings. The van der Waals surface area contributed by atoms with E-state index in [1.54, 1.807) is 7.11 Å². The molecule has 4 heteroatoms. The van der Waals surface area contributed by atoms with Gasteiger partial charge in [0, 0.05) is 30.1 Å². The van der Waals surface area contributed by atoms with Crippen molar-refractivity contribution in [3.63, 3.8) is 0 Å². The minimum absolute atomic E-state index is 0.0300. The van der Waals surface area contributed by atoms with Gasteiger partial charge in [0.15, 0.2) is 0 Å². The zero-order chi connectivity index (χ0) is 26.6. The molecule has 39 heavy (non-hydrogen) atoms. The van der Waals surface area contributed by atoms with Crippen molar-refractivity contribution in [2.24, 2.45) is 16.3 Å². The van der Waals surface area contributed by atoms with Crippen LogP contribution in [0.2, 0.25) is 0 Å². The van der Waals surface area contributed by atoms with Gasteiger partial charge in [0.2, 0.25) is 0 Å². The second-order valence-electron chi connectivity index (χ2n) is 11.8. The van der Waals surface area contributed by atoms with Gasteiger partial charge in [-0.1, -0.05) is 61.5 Å². The van der Waals surface area contributed by atoms with Gasteiger partial charge in [0.25, 0.3) is 0 Å². The van der Waals surface area contributed by atoms with Crippen LogP contribution in [0.5, 0.6) is 11.5 Å². The van der Waals surface area contributed by atoms with E-state index in [2.05, 4.69) is 97.4 Å². The Bertz CT molecular complexity index is 1590. The highest BCUT2D eigenvalue weighted by Gasteiger charge is 2.51. The maximum Gasteiger partial charge on any atom is 0.128 e. The first-order chi connectivity index (χ1) is 19.1. The fraction of sp³-hybridized carbons (Fsp3) is 0.343. The molecule has 4 aromatic rings. The summed E-state index contributed by atoms with van der Waals surface area (Å²) in [4.78, 5) is 7.45. The van der Waals surface area contributed by atoms with Crippen LogP contribution in [0.15, 0.2) is 90.4 Å². The van der Waals surface area contributed by atoms with Gasteiger partial charge in [-0.3, -0.25) is 9.89 Å². The standard InChI is InChI=1S/C35H36N2O2/c1-4-24-22-37-18-16-35(24,2)21-32(37)34(29-15-17-36-31-14-13-25(38-3)20-30(29)31)39-33-19-23-9-5-6-10-26(23)27-11-7-8-12-28(27)33/h4-14,17,19-20,24,29,32,34H,1,15-16,18,21-22H2,2-3H3. The number of hydrogen-bond acceptors (Lipinski definition) is 4. The summed E-state index contributed by atoms with van der Waals surface area (Å²) in [6.45, 7) is 8.82.